The number of hydrogen-bond donors (Lipinski definition) is 2. The van der Waals surface area contributed by atoms with Crippen LogP contribution in [0.15, 0.2) is 35.2 Å². The maximum Gasteiger partial charge on any atom is 0.243 e. The summed E-state index contributed by atoms with van der Waals surface area (Å²) in [5.41, 5.74) is 0. The normalized spacial score (nSPS) is 15.2. The molecule has 1 saturated heterocycles. The molecule has 1 aliphatic rings. The molecule has 0 unspecified atom stereocenters. The number of piperidine rings is 1. The molecule has 2 heterocycles. The van der Waals surface area contributed by atoms with Crippen LogP contribution >= 0.6 is 12.4 Å². The van der Waals surface area contributed by atoms with Gasteiger partial charge in [-0.15, -0.1) is 12.4 Å². The second-order valence-electron chi connectivity index (χ2n) is 6.56. The number of anilines is 1. The molecule has 0 saturated carbocycles. The summed E-state index contributed by atoms with van der Waals surface area (Å²) in [4.78, 5) is 16.9. The highest BCUT2D eigenvalue weighted by Crippen LogP contribution is 2.23. The zero-order valence-electron chi connectivity index (χ0n) is 15.8. The lowest BCUT2D eigenvalue weighted by molar-refractivity contribution is -0.116. The Labute approximate surface area is 171 Å². The largest absolute Gasteiger partial charge is 0.317 e. The van der Waals surface area contributed by atoms with Crippen LogP contribution in [0.1, 0.15) is 24.6 Å². The third-order valence-electron chi connectivity index (χ3n) is 4.55. The van der Waals surface area contributed by atoms with Crippen molar-refractivity contribution in [3.63, 3.8) is 0 Å². The van der Waals surface area contributed by atoms with Gasteiger partial charge in [0.25, 0.3) is 0 Å². The lowest BCUT2D eigenvalue weighted by Gasteiger charge is -2.19. The maximum atomic E-state index is 12.5. The number of halogens is 1. The van der Waals surface area contributed by atoms with Crippen molar-refractivity contribution in [1.29, 1.82) is 0 Å². The molecule has 1 amide bonds. The minimum Gasteiger partial charge on any atom is -0.317 e. The zero-order chi connectivity index (χ0) is 19.4. The number of amides is 1. The molecular formula is C17H25ClN6O3S. The van der Waals surface area contributed by atoms with Gasteiger partial charge in [-0.3, -0.25) is 10.1 Å². The van der Waals surface area contributed by atoms with E-state index in [0.29, 0.717) is 11.8 Å². The van der Waals surface area contributed by atoms with Gasteiger partial charge in [-0.25, -0.2) is 13.1 Å². The summed E-state index contributed by atoms with van der Waals surface area (Å²) in [6.07, 6.45) is 1.91. The van der Waals surface area contributed by atoms with E-state index in [1.54, 1.807) is 25.2 Å². The Morgan fingerprint density at radius 3 is 2.57 bits per heavy atom. The number of hydrogen-bond acceptors (Lipinski definition) is 6. The predicted octanol–water partition coefficient (Wildman–Crippen LogP) is 0.963. The van der Waals surface area contributed by atoms with Crippen LogP contribution in [0.5, 0.6) is 0 Å². The van der Waals surface area contributed by atoms with Gasteiger partial charge in [-0.05, 0) is 38.1 Å². The van der Waals surface area contributed by atoms with Crippen molar-refractivity contribution in [3.8, 4) is 0 Å². The third-order valence-corrected chi connectivity index (χ3v) is 6.37. The Morgan fingerprint density at radius 2 is 1.93 bits per heavy atom. The highest BCUT2D eigenvalue weighted by Gasteiger charge is 2.24. The van der Waals surface area contributed by atoms with E-state index in [2.05, 4.69) is 20.7 Å². The Hall–Kier alpha value is -2.01. The Kier molecular flexibility index (Phi) is 7.53. The third kappa shape index (κ3) is 5.07. The molecule has 1 aromatic heterocycles. The van der Waals surface area contributed by atoms with Gasteiger partial charge >= 0.3 is 0 Å². The number of carbonyl (C=O) groups is 1. The number of sulfonamides is 1. The van der Waals surface area contributed by atoms with Crippen LogP contribution in [-0.4, -0.2) is 60.1 Å². The quantitative estimate of drug-likeness (QED) is 0.709. The van der Waals surface area contributed by atoms with Crippen LogP contribution in [0, 0.1) is 0 Å². The van der Waals surface area contributed by atoms with Crippen molar-refractivity contribution in [2.45, 2.75) is 23.7 Å². The van der Waals surface area contributed by atoms with Crippen molar-refractivity contribution in [3.05, 3.63) is 36.2 Å². The van der Waals surface area contributed by atoms with Gasteiger partial charge in [0.15, 0.2) is 5.82 Å². The Morgan fingerprint density at radius 1 is 1.29 bits per heavy atom. The number of carbonyl (C=O) groups excluding carboxylic acids is 1. The van der Waals surface area contributed by atoms with Crippen molar-refractivity contribution in [2.24, 2.45) is 7.05 Å². The van der Waals surface area contributed by atoms with Gasteiger partial charge in [-0.1, -0.05) is 18.2 Å². The summed E-state index contributed by atoms with van der Waals surface area (Å²) in [7, 11) is -0.646. The van der Waals surface area contributed by atoms with Crippen molar-refractivity contribution >= 4 is 34.3 Å². The van der Waals surface area contributed by atoms with E-state index in [0.717, 1.165) is 30.2 Å². The van der Waals surface area contributed by atoms with E-state index in [9.17, 15) is 13.2 Å². The number of nitrogens with one attached hydrogen (secondary N) is 2. The molecular weight excluding hydrogens is 404 g/mol. The van der Waals surface area contributed by atoms with E-state index in [4.69, 9.17) is 0 Å². The van der Waals surface area contributed by atoms with E-state index in [-0.39, 0.29) is 29.8 Å². The number of rotatable bonds is 6. The molecule has 1 aliphatic heterocycles. The van der Waals surface area contributed by atoms with Gasteiger partial charge in [0.2, 0.25) is 21.9 Å². The molecule has 0 radical (unpaired) electrons. The summed E-state index contributed by atoms with van der Waals surface area (Å²) >= 11 is 0. The molecule has 0 aliphatic carbocycles. The SMILES string of the molecule is CN(CC(=O)Nc1nc(C2CCNCC2)nn1C)S(=O)(=O)c1ccccc1.Cl. The molecule has 28 heavy (non-hydrogen) atoms. The molecule has 0 spiro atoms. The maximum absolute atomic E-state index is 12.5. The molecule has 1 fully saturated rings. The molecule has 2 aromatic rings. The monoisotopic (exact) mass is 428 g/mol. The first-order chi connectivity index (χ1) is 12.9. The van der Waals surface area contributed by atoms with Gasteiger partial charge in [0.1, 0.15) is 0 Å². The molecule has 11 heteroatoms. The van der Waals surface area contributed by atoms with E-state index in [1.807, 2.05) is 0 Å². The van der Waals surface area contributed by atoms with Crippen LogP contribution in [-0.2, 0) is 21.9 Å². The fourth-order valence-electron chi connectivity index (χ4n) is 2.99. The standard InChI is InChI=1S/C17H24N6O3S.ClH/c1-22(27(25,26)14-6-4-3-5-7-14)12-15(24)19-17-20-16(21-23(17)2)13-8-10-18-11-9-13;/h3-7,13,18H,8-12H2,1-2H3,(H,19,20,21,24);1H. The summed E-state index contributed by atoms with van der Waals surface area (Å²) < 4.78 is 27.5. The molecule has 2 N–H and O–H groups in total. The molecule has 9 nitrogen and oxygen atoms in total. The van der Waals surface area contributed by atoms with Crippen LogP contribution < -0.4 is 10.6 Å². The van der Waals surface area contributed by atoms with Gasteiger partial charge in [-0.2, -0.15) is 14.4 Å². The first-order valence-electron chi connectivity index (χ1n) is 8.81. The average Bonchev–Trinajstić information content (AvgIpc) is 3.03. The van der Waals surface area contributed by atoms with Gasteiger partial charge in [0.05, 0.1) is 11.4 Å². The first kappa shape index (κ1) is 22.3. The topological polar surface area (TPSA) is 109 Å². The van der Waals surface area contributed by atoms with Crippen molar-refractivity contribution in [1.82, 2.24) is 24.4 Å². The van der Waals surface area contributed by atoms with Crippen molar-refractivity contribution < 1.29 is 13.2 Å². The minimum atomic E-state index is -3.73. The van der Waals surface area contributed by atoms with Crippen LogP contribution in [0.2, 0.25) is 0 Å². The summed E-state index contributed by atoms with van der Waals surface area (Å²) in [6.45, 7) is 1.53. The van der Waals surface area contributed by atoms with Crippen LogP contribution in [0.25, 0.3) is 0 Å². The summed E-state index contributed by atoms with van der Waals surface area (Å²) in [6, 6.07) is 8.01. The number of benzene rings is 1. The minimum absolute atomic E-state index is 0. The summed E-state index contributed by atoms with van der Waals surface area (Å²) in [5, 5.41) is 10.3. The predicted molar refractivity (Wildman–Crippen MR) is 108 cm³/mol. The highest BCUT2D eigenvalue weighted by atomic mass is 35.5. The number of aromatic nitrogens is 3. The van der Waals surface area contributed by atoms with Gasteiger partial charge < -0.3 is 5.32 Å². The highest BCUT2D eigenvalue weighted by molar-refractivity contribution is 7.89. The fraction of sp³-hybridized carbons (Fsp3) is 0.471. The molecule has 0 atom stereocenters. The van der Waals surface area contributed by atoms with E-state index < -0.39 is 15.9 Å². The van der Waals surface area contributed by atoms with Crippen LogP contribution in [0.3, 0.4) is 0 Å². The summed E-state index contributed by atoms with van der Waals surface area (Å²) in [5.74, 6) is 0.826. The second-order valence-corrected chi connectivity index (χ2v) is 8.61. The fourth-order valence-corrected chi connectivity index (χ4v) is 4.14. The molecule has 154 valence electrons. The molecule has 3 rings (SSSR count). The van der Waals surface area contributed by atoms with Crippen molar-refractivity contribution in [2.75, 3.05) is 32.0 Å². The van der Waals surface area contributed by atoms with Crippen LogP contribution in [0.4, 0.5) is 5.95 Å². The second kappa shape index (κ2) is 9.46. The number of aryl methyl sites for hydroxylation is 1. The van der Waals surface area contributed by atoms with E-state index in [1.165, 1.54) is 23.9 Å². The average molecular weight is 429 g/mol. The lowest BCUT2D eigenvalue weighted by Crippen LogP contribution is -2.35. The van der Waals surface area contributed by atoms with Gasteiger partial charge in [0, 0.05) is 20.0 Å². The lowest BCUT2D eigenvalue weighted by atomic mass is 9.98. The Balaban J connectivity index is 0.00000280. The molecule has 1 aromatic carbocycles. The van der Waals surface area contributed by atoms with E-state index >= 15 is 0 Å². The first-order valence-corrected chi connectivity index (χ1v) is 10.2. The number of likely N-dealkylation sites (N-methyl/N-ethyl adjacent to an activating group) is 1. The number of nitrogens with zero attached hydrogens (tertiary/aromatic N) is 4. The smallest absolute Gasteiger partial charge is 0.243 e. The zero-order valence-corrected chi connectivity index (χ0v) is 17.5. The molecule has 0 bridgehead atoms. The Bertz CT molecular complexity index is 897.